The highest BCUT2D eigenvalue weighted by Gasteiger charge is 2.25. The molecule has 1 aliphatic rings. The van der Waals surface area contributed by atoms with Gasteiger partial charge in [-0.3, -0.25) is 0 Å². The Labute approximate surface area is 154 Å². The van der Waals surface area contributed by atoms with Gasteiger partial charge in [0.05, 0.1) is 12.3 Å². The van der Waals surface area contributed by atoms with E-state index in [1.807, 2.05) is 19.9 Å². The molecule has 0 saturated carbocycles. The van der Waals surface area contributed by atoms with Crippen LogP contribution >= 0.6 is 31.9 Å². The molecule has 1 saturated heterocycles. The zero-order valence-electron chi connectivity index (χ0n) is 13.5. The zero-order chi connectivity index (χ0) is 17.0. The number of carbonyl (C=O) groups is 1. The van der Waals surface area contributed by atoms with Crippen LogP contribution in [0.2, 0.25) is 0 Å². The van der Waals surface area contributed by atoms with Crippen LogP contribution in [-0.2, 0) is 11.2 Å². The molecule has 128 valence electrons. The normalized spacial score (nSPS) is 16.0. The lowest BCUT2D eigenvalue weighted by Crippen LogP contribution is -2.39. The second kappa shape index (κ2) is 8.33. The van der Waals surface area contributed by atoms with Crippen LogP contribution in [0.15, 0.2) is 15.3 Å². The van der Waals surface area contributed by atoms with Crippen molar-refractivity contribution in [2.45, 2.75) is 33.1 Å². The molecule has 0 unspecified atom stereocenters. The Bertz CT molecular complexity index is 559. The molecule has 0 radical (unpaired) electrons. The number of aromatic nitrogens is 1. The molecule has 1 fully saturated rings. The van der Waals surface area contributed by atoms with Gasteiger partial charge in [-0.2, -0.15) is 0 Å². The molecule has 2 rings (SSSR count). The van der Waals surface area contributed by atoms with Crippen molar-refractivity contribution < 1.29 is 9.53 Å². The van der Waals surface area contributed by atoms with E-state index in [9.17, 15) is 4.79 Å². The van der Waals surface area contributed by atoms with Crippen LogP contribution in [0.3, 0.4) is 0 Å². The summed E-state index contributed by atoms with van der Waals surface area (Å²) in [6.07, 6.45) is 2.65. The first-order valence-corrected chi connectivity index (χ1v) is 9.47. The number of hydrogen-bond donors (Lipinski definition) is 1. The number of halogens is 2. The van der Waals surface area contributed by atoms with Crippen LogP contribution in [0, 0.1) is 11.8 Å². The third-order valence-corrected chi connectivity index (χ3v) is 5.00. The lowest BCUT2D eigenvalue weighted by Gasteiger charge is -2.31. The molecule has 7 heteroatoms. The number of likely N-dealkylation sites (tertiary alicyclic amines) is 1. The number of nitrogens with zero attached hydrogens (tertiary/aromatic N) is 2. The van der Waals surface area contributed by atoms with Gasteiger partial charge in [-0.05, 0) is 74.6 Å². The van der Waals surface area contributed by atoms with Crippen LogP contribution in [0.5, 0.6) is 0 Å². The number of pyridine rings is 1. The Morgan fingerprint density at radius 3 is 2.70 bits per heavy atom. The monoisotopic (exact) mass is 447 g/mol. The minimum Gasteiger partial charge on any atom is -0.449 e. The summed E-state index contributed by atoms with van der Waals surface area (Å²) < 4.78 is 6.75. The SMILES string of the molecule is CC(C)COC(=O)N1CCC(Cc2cc(Br)nc(Br)c2N)CC1. The van der Waals surface area contributed by atoms with Gasteiger partial charge in [-0.15, -0.1) is 0 Å². The second-order valence-electron chi connectivity index (χ2n) is 6.41. The van der Waals surface area contributed by atoms with Crippen molar-refractivity contribution in [1.29, 1.82) is 0 Å². The van der Waals surface area contributed by atoms with Crippen LogP contribution in [-0.4, -0.2) is 35.7 Å². The number of rotatable bonds is 4. The number of nitrogens with two attached hydrogens (primary N) is 1. The van der Waals surface area contributed by atoms with E-state index in [0.29, 0.717) is 28.7 Å². The van der Waals surface area contributed by atoms with Gasteiger partial charge in [0.15, 0.2) is 0 Å². The van der Waals surface area contributed by atoms with E-state index in [1.165, 1.54) is 0 Å². The molecule has 1 aromatic rings. The standard InChI is InChI=1S/C16H23Br2N3O2/c1-10(2)9-23-16(22)21-5-3-11(4-6-21)7-12-8-13(17)20-15(18)14(12)19/h8,10-11H,3-7,9,19H2,1-2H3. The minimum absolute atomic E-state index is 0.189. The van der Waals surface area contributed by atoms with Gasteiger partial charge in [-0.1, -0.05) is 13.8 Å². The summed E-state index contributed by atoms with van der Waals surface area (Å²) in [5.74, 6) is 0.885. The molecule has 2 N–H and O–H groups in total. The molecule has 1 aliphatic heterocycles. The molecular weight excluding hydrogens is 426 g/mol. The van der Waals surface area contributed by atoms with Gasteiger partial charge in [0.25, 0.3) is 0 Å². The van der Waals surface area contributed by atoms with Crippen LogP contribution in [0.4, 0.5) is 10.5 Å². The maximum absolute atomic E-state index is 12.0. The predicted molar refractivity (Wildman–Crippen MR) is 98.2 cm³/mol. The maximum Gasteiger partial charge on any atom is 0.409 e. The molecule has 1 amide bonds. The molecular formula is C16H23Br2N3O2. The van der Waals surface area contributed by atoms with Crippen molar-refractivity contribution in [2.24, 2.45) is 11.8 Å². The molecule has 0 aromatic carbocycles. The summed E-state index contributed by atoms with van der Waals surface area (Å²) >= 11 is 6.79. The minimum atomic E-state index is -0.189. The summed E-state index contributed by atoms with van der Waals surface area (Å²) in [5.41, 5.74) is 7.90. The van der Waals surface area contributed by atoms with Gasteiger partial charge in [-0.25, -0.2) is 9.78 Å². The number of hydrogen-bond acceptors (Lipinski definition) is 4. The van der Waals surface area contributed by atoms with E-state index in [-0.39, 0.29) is 6.09 Å². The van der Waals surface area contributed by atoms with Crippen LogP contribution in [0.1, 0.15) is 32.3 Å². The van der Waals surface area contributed by atoms with Crippen molar-refractivity contribution in [2.75, 3.05) is 25.4 Å². The first kappa shape index (κ1) is 18.5. The van der Waals surface area contributed by atoms with Gasteiger partial charge in [0, 0.05) is 13.1 Å². The predicted octanol–water partition coefficient (Wildman–Crippen LogP) is 4.24. The molecule has 0 atom stereocenters. The summed E-state index contributed by atoms with van der Waals surface area (Å²) in [5, 5.41) is 0. The lowest BCUT2D eigenvalue weighted by molar-refractivity contribution is 0.0790. The maximum atomic E-state index is 12.0. The number of carbonyl (C=O) groups excluding carboxylic acids is 1. The van der Waals surface area contributed by atoms with E-state index >= 15 is 0 Å². The van der Waals surface area contributed by atoms with E-state index < -0.39 is 0 Å². The zero-order valence-corrected chi connectivity index (χ0v) is 16.7. The van der Waals surface area contributed by atoms with Crippen molar-refractivity contribution in [3.63, 3.8) is 0 Å². The number of nitrogen functional groups attached to an aromatic ring is 1. The Balaban J connectivity index is 1.87. The van der Waals surface area contributed by atoms with Gasteiger partial charge >= 0.3 is 6.09 Å². The smallest absolute Gasteiger partial charge is 0.409 e. The van der Waals surface area contributed by atoms with Gasteiger partial charge < -0.3 is 15.4 Å². The number of anilines is 1. The third kappa shape index (κ3) is 5.35. The Morgan fingerprint density at radius 2 is 2.09 bits per heavy atom. The third-order valence-electron chi connectivity index (χ3n) is 3.99. The largest absolute Gasteiger partial charge is 0.449 e. The number of piperidine rings is 1. The fourth-order valence-electron chi connectivity index (χ4n) is 2.67. The Kier molecular flexibility index (Phi) is 6.71. The summed E-state index contributed by atoms with van der Waals surface area (Å²) in [6, 6.07) is 1.98. The molecule has 23 heavy (non-hydrogen) atoms. The first-order chi connectivity index (χ1) is 10.9. The molecule has 2 heterocycles. The lowest BCUT2D eigenvalue weighted by atomic mass is 9.90. The quantitative estimate of drug-likeness (QED) is 0.699. The van der Waals surface area contributed by atoms with Crippen molar-refractivity contribution in [3.05, 3.63) is 20.8 Å². The first-order valence-electron chi connectivity index (χ1n) is 7.89. The highest BCUT2D eigenvalue weighted by molar-refractivity contribution is 9.11. The topological polar surface area (TPSA) is 68.5 Å². The number of amides is 1. The number of ether oxygens (including phenoxy) is 1. The average Bonchev–Trinajstić information content (AvgIpc) is 2.50. The molecule has 0 bridgehead atoms. The molecule has 1 aromatic heterocycles. The van der Waals surface area contributed by atoms with Crippen molar-refractivity contribution in [3.8, 4) is 0 Å². The molecule has 0 aliphatic carbocycles. The fourth-order valence-corrected chi connectivity index (χ4v) is 3.81. The Morgan fingerprint density at radius 1 is 1.43 bits per heavy atom. The van der Waals surface area contributed by atoms with Crippen molar-refractivity contribution >= 4 is 43.6 Å². The van der Waals surface area contributed by atoms with E-state index in [1.54, 1.807) is 4.90 Å². The summed E-state index contributed by atoms with van der Waals surface area (Å²) in [6.45, 7) is 6.04. The van der Waals surface area contributed by atoms with Gasteiger partial charge in [0.1, 0.15) is 9.21 Å². The fraction of sp³-hybridized carbons (Fsp3) is 0.625. The van der Waals surface area contributed by atoms with Crippen LogP contribution < -0.4 is 5.73 Å². The highest BCUT2D eigenvalue weighted by Crippen LogP contribution is 2.29. The van der Waals surface area contributed by atoms with E-state index in [2.05, 4.69) is 36.8 Å². The van der Waals surface area contributed by atoms with Crippen LogP contribution in [0.25, 0.3) is 0 Å². The van der Waals surface area contributed by atoms with Gasteiger partial charge in [0.2, 0.25) is 0 Å². The molecule has 0 spiro atoms. The summed E-state index contributed by atoms with van der Waals surface area (Å²) in [4.78, 5) is 18.0. The average molecular weight is 449 g/mol. The van der Waals surface area contributed by atoms with E-state index in [0.717, 1.165) is 42.5 Å². The van der Waals surface area contributed by atoms with Crippen molar-refractivity contribution in [1.82, 2.24) is 9.88 Å². The Hall–Kier alpha value is -0.820. The second-order valence-corrected chi connectivity index (χ2v) is 7.98. The highest BCUT2D eigenvalue weighted by atomic mass is 79.9. The summed E-state index contributed by atoms with van der Waals surface area (Å²) in [7, 11) is 0. The van der Waals surface area contributed by atoms with E-state index in [4.69, 9.17) is 10.5 Å². The molecule has 5 nitrogen and oxygen atoms in total.